The first kappa shape index (κ1) is 20.3. The number of hydrogen-bond acceptors (Lipinski definition) is 3. The summed E-state index contributed by atoms with van der Waals surface area (Å²) in [7, 11) is 1.50. The molecule has 2 amide bonds. The van der Waals surface area contributed by atoms with Crippen LogP contribution in [0.15, 0.2) is 42.5 Å². The van der Waals surface area contributed by atoms with Crippen LogP contribution < -0.4 is 10.1 Å². The van der Waals surface area contributed by atoms with Crippen LogP contribution in [0.4, 0.5) is 14.5 Å². The Kier molecular flexibility index (Phi) is 5.70. The largest absolute Gasteiger partial charge is 0.496 e. The van der Waals surface area contributed by atoms with E-state index in [1.54, 1.807) is 29.2 Å². The van der Waals surface area contributed by atoms with Gasteiger partial charge in [0.25, 0.3) is 5.91 Å². The predicted molar refractivity (Wildman–Crippen MR) is 108 cm³/mol. The minimum absolute atomic E-state index is 0.0371. The van der Waals surface area contributed by atoms with Crippen molar-refractivity contribution in [3.63, 3.8) is 0 Å². The summed E-state index contributed by atoms with van der Waals surface area (Å²) in [6.07, 6.45) is 4.38. The number of likely N-dealkylation sites (tertiary alicyclic amines) is 1. The van der Waals surface area contributed by atoms with Gasteiger partial charge in [0, 0.05) is 12.1 Å². The molecule has 2 aromatic carbocycles. The molecule has 3 atom stereocenters. The zero-order valence-electron chi connectivity index (χ0n) is 16.7. The van der Waals surface area contributed by atoms with E-state index in [9.17, 15) is 18.4 Å². The highest BCUT2D eigenvalue weighted by atomic mass is 19.1. The molecule has 2 aromatic rings. The Balaban J connectivity index is 1.64. The summed E-state index contributed by atoms with van der Waals surface area (Å²) >= 11 is 0. The van der Waals surface area contributed by atoms with Crippen molar-refractivity contribution in [1.82, 2.24) is 4.90 Å². The number of benzene rings is 2. The minimum atomic E-state index is -0.846. The summed E-state index contributed by atoms with van der Waals surface area (Å²) in [6, 6.07) is 9.18. The molecule has 1 saturated carbocycles. The zero-order chi connectivity index (χ0) is 21.3. The second-order valence-electron chi connectivity index (χ2n) is 7.89. The van der Waals surface area contributed by atoms with Crippen molar-refractivity contribution in [2.45, 2.75) is 44.2 Å². The summed E-state index contributed by atoms with van der Waals surface area (Å²) in [4.78, 5) is 28.3. The molecule has 4 rings (SSSR count). The summed E-state index contributed by atoms with van der Waals surface area (Å²) in [5.41, 5.74) is 0.304. The lowest BCUT2D eigenvalue weighted by molar-refractivity contribution is -0.120. The van der Waals surface area contributed by atoms with Crippen molar-refractivity contribution in [2.24, 2.45) is 5.92 Å². The number of hydrogen-bond donors (Lipinski definition) is 1. The first-order valence-electron chi connectivity index (χ1n) is 10.2. The third kappa shape index (κ3) is 3.76. The molecule has 1 N–H and O–H groups in total. The Morgan fingerprint density at radius 2 is 1.87 bits per heavy atom. The molecule has 0 unspecified atom stereocenters. The lowest BCUT2D eigenvalue weighted by Crippen LogP contribution is -2.48. The smallest absolute Gasteiger partial charge is 0.258 e. The van der Waals surface area contributed by atoms with E-state index in [-0.39, 0.29) is 23.6 Å². The Hall–Kier alpha value is -2.96. The fourth-order valence-electron chi connectivity index (χ4n) is 4.75. The van der Waals surface area contributed by atoms with E-state index in [1.807, 2.05) is 0 Å². The molecule has 0 bridgehead atoms. The minimum Gasteiger partial charge on any atom is -0.496 e. The number of amides is 2. The van der Waals surface area contributed by atoms with Gasteiger partial charge in [-0.05, 0) is 49.4 Å². The topological polar surface area (TPSA) is 58.6 Å². The summed E-state index contributed by atoms with van der Waals surface area (Å²) in [5.74, 6) is -1.61. The standard InChI is InChI=1S/C23H24F2N2O3/c1-30-21-9-5-3-7-16(21)23(29)27-19-8-4-2-6-14(19)12-20(27)22(28)26-18-11-10-15(24)13-17(18)25/h3,5,7,9-11,13-14,19-20H,2,4,6,8,12H2,1H3,(H,26,28)/t14-,19-,20-/m0/s1. The lowest BCUT2D eigenvalue weighted by Gasteiger charge is -2.34. The maximum absolute atomic E-state index is 14.1. The normalized spacial score (nSPS) is 23.0. The number of carbonyl (C=O) groups is 2. The average Bonchev–Trinajstić information content (AvgIpc) is 3.15. The molecule has 0 spiro atoms. The number of rotatable bonds is 4. The number of methoxy groups -OCH3 is 1. The van der Waals surface area contributed by atoms with Gasteiger partial charge in [-0.25, -0.2) is 8.78 Å². The van der Waals surface area contributed by atoms with Gasteiger partial charge in [0.2, 0.25) is 5.91 Å². The highest BCUT2D eigenvalue weighted by Gasteiger charge is 2.48. The van der Waals surface area contributed by atoms with Gasteiger partial charge in [0.15, 0.2) is 0 Å². The number of anilines is 1. The van der Waals surface area contributed by atoms with Crippen LogP contribution in [-0.4, -0.2) is 35.9 Å². The fourth-order valence-corrected chi connectivity index (χ4v) is 4.75. The molecule has 2 fully saturated rings. The van der Waals surface area contributed by atoms with E-state index in [4.69, 9.17) is 4.74 Å². The average molecular weight is 414 g/mol. The first-order valence-corrected chi connectivity index (χ1v) is 10.2. The van der Waals surface area contributed by atoms with Crippen LogP contribution in [0.3, 0.4) is 0 Å². The van der Waals surface area contributed by atoms with Gasteiger partial charge in [0.05, 0.1) is 18.4 Å². The molecule has 1 heterocycles. The van der Waals surface area contributed by atoms with E-state index < -0.39 is 23.6 Å². The van der Waals surface area contributed by atoms with Gasteiger partial charge in [-0.1, -0.05) is 25.0 Å². The van der Waals surface area contributed by atoms with Crippen LogP contribution >= 0.6 is 0 Å². The maximum atomic E-state index is 14.1. The molecule has 158 valence electrons. The van der Waals surface area contributed by atoms with Crippen LogP contribution in [0.2, 0.25) is 0 Å². The SMILES string of the molecule is COc1ccccc1C(=O)N1[C@H](C(=O)Nc2ccc(F)cc2F)C[C@@H]2CCCC[C@@H]21. The maximum Gasteiger partial charge on any atom is 0.258 e. The molecule has 0 aromatic heterocycles. The van der Waals surface area contributed by atoms with Crippen LogP contribution in [0.5, 0.6) is 5.75 Å². The second-order valence-corrected chi connectivity index (χ2v) is 7.89. The molecule has 30 heavy (non-hydrogen) atoms. The molecular formula is C23H24F2N2O3. The quantitative estimate of drug-likeness (QED) is 0.808. The van der Waals surface area contributed by atoms with Gasteiger partial charge < -0.3 is 15.0 Å². The number of nitrogens with one attached hydrogen (secondary N) is 1. The van der Waals surface area contributed by atoms with Crippen LogP contribution in [0.1, 0.15) is 42.5 Å². The summed E-state index contributed by atoms with van der Waals surface area (Å²) < 4.78 is 32.6. The number of ether oxygens (including phenoxy) is 1. The van der Waals surface area contributed by atoms with Gasteiger partial charge in [0.1, 0.15) is 23.4 Å². The molecule has 2 aliphatic rings. The Labute approximate surface area is 174 Å². The number of para-hydroxylation sites is 1. The highest BCUT2D eigenvalue weighted by molar-refractivity contribution is 6.03. The van der Waals surface area contributed by atoms with Gasteiger partial charge in [-0.15, -0.1) is 0 Å². The molecule has 0 radical (unpaired) electrons. The predicted octanol–water partition coefficient (Wildman–Crippen LogP) is 4.39. The van der Waals surface area contributed by atoms with Crippen LogP contribution in [-0.2, 0) is 4.79 Å². The monoisotopic (exact) mass is 414 g/mol. The zero-order valence-corrected chi connectivity index (χ0v) is 16.7. The molecule has 1 saturated heterocycles. The molecule has 5 nitrogen and oxygen atoms in total. The third-order valence-corrected chi connectivity index (χ3v) is 6.15. The lowest BCUT2D eigenvalue weighted by atomic mass is 9.84. The summed E-state index contributed by atoms with van der Waals surface area (Å²) in [5, 5.41) is 2.55. The Morgan fingerprint density at radius 3 is 2.63 bits per heavy atom. The number of nitrogens with zero attached hydrogens (tertiary/aromatic N) is 1. The Morgan fingerprint density at radius 1 is 1.10 bits per heavy atom. The van der Waals surface area contributed by atoms with Gasteiger partial charge >= 0.3 is 0 Å². The van der Waals surface area contributed by atoms with Crippen LogP contribution in [0.25, 0.3) is 0 Å². The van der Waals surface area contributed by atoms with Gasteiger partial charge in [-0.2, -0.15) is 0 Å². The summed E-state index contributed by atoms with van der Waals surface area (Å²) in [6.45, 7) is 0. The number of halogens is 2. The highest BCUT2D eigenvalue weighted by Crippen LogP contribution is 2.41. The van der Waals surface area contributed by atoms with Crippen molar-refractivity contribution >= 4 is 17.5 Å². The molecule has 1 aliphatic heterocycles. The Bertz CT molecular complexity index is 965. The molecule has 7 heteroatoms. The van der Waals surface area contributed by atoms with E-state index in [2.05, 4.69) is 5.32 Å². The van der Waals surface area contributed by atoms with Crippen molar-refractivity contribution in [1.29, 1.82) is 0 Å². The van der Waals surface area contributed by atoms with Crippen molar-refractivity contribution in [3.05, 3.63) is 59.7 Å². The van der Waals surface area contributed by atoms with E-state index >= 15 is 0 Å². The van der Waals surface area contributed by atoms with E-state index in [0.29, 0.717) is 17.7 Å². The molecule has 1 aliphatic carbocycles. The van der Waals surface area contributed by atoms with Crippen molar-refractivity contribution in [2.75, 3.05) is 12.4 Å². The van der Waals surface area contributed by atoms with Crippen LogP contribution in [0, 0.1) is 17.6 Å². The molecular weight excluding hydrogens is 390 g/mol. The van der Waals surface area contributed by atoms with Gasteiger partial charge in [-0.3, -0.25) is 9.59 Å². The van der Waals surface area contributed by atoms with E-state index in [0.717, 1.165) is 37.8 Å². The fraction of sp³-hybridized carbons (Fsp3) is 0.391. The van der Waals surface area contributed by atoms with Crippen molar-refractivity contribution in [3.8, 4) is 5.75 Å². The van der Waals surface area contributed by atoms with Crippen molar-refractivity contribution < 1.29 is 23.1 Å². The second kappa shape index (κ2) is 8.42. The number of fused-ring (bicyclic) bond motifs is 1. The number of carbonyl (C=O) groups excluding carboxylic acids is 2. The van der Waals surface area contributed by atoms with E-state index in [1.165, 1.54) is 13.2 Å². The first-order chi connectivity index (χ1) is 14.5. The third-order valence-electron chi connectivity index (χ3n) is 6.15.